The first-order chi connectivity index (χ1) is 6.49. The van der Waals surface area contributed by atoms with Crippen molar-refractivity contribution in [2.75, 3.05) is 46.2 Å². The zero-order valence-corrected chi connectivity index (χ0v) is 9.70. The Morgan fingerprint density at radius 1 is 1.07 bits per heavy atom. The van der Waals surface area contributed by atoms with Crippen LogP contribution in [0.2, 0.25) is 0 Å². The number of benzene rings is 1. The molecule has 0 spiro atoms. The van der Waals surface area contributed by atoms with E-state index in [1.807, 2.05) is 0 Å². The van der Waals surface area contributed by atoms with Crippen LogP contribution in [0.15, 0.2) is 30.3 Å². The second kappa shape index (κ2) is 4.47. The van der Waals surface area contributed by atoms with Crippen molar-refractivity contribution in [1.82, 2.24) is 0 Å². The summed E-state index contributed by atoms with van der Waals surface area (Å²) in [6, 6.07) is 10.5. The van der Waals surface area contributed by atoms with Crippen molar-refractivity contribution in [1.29, 1.82) is 0 Å². The predicted molar refractivity (Wildman–Crippen MR) is 62.6 cm³/mol. The van der Waals surface area contributed by atoms with Crippen molar-refractivity contribution in [3.8, 4) is 0 Å². The highest BCUT2D eigenvalue weighted by molar-refractivity contribution is 5.44. The molecule has 1 rings (SSSR count). The van der Waals surface area contributed by atoms with Gasteiger partial charge in [-0.05, 0) is 12.1 Å². The van der Waals surface area contributed by atoms with Crippen LogP contribution in [0.25, 0.3) is 0 Å². The molecule has 0 aromatic heterocycles. The first-order valence-electron chi connectivity index (χ1n) is 5.06. The molecule has 0 bridgehead atoms. The number of hydrogen-bond acceptors (Lipinski definition) is 1. The van der Waals surface area contributed by atoms with Crippen LogP contribution in [0, 0.1) is 0 Å². The molecule has 0 aliphatic rings. The molecule has 0 amide bonds. The van der Waals surface area contributed by atoms with Gasteiger partial charge in [0.2, 0.25) is 0 Å². The van der Waals surface area contributed by atoms with Crippen molar-refractivity contribution in [3.63, 3.8) is 0 Å². The van der Waals surface area contributed by atoms with Gasteiger partial charge in [-0.15, -0.1) is 0 Å². The molecule has 0 N–H and O–H groups in total. The SMILES string of the molecule is CN(CC[N+](C)(C)C)c1ccccc1. The Kier molecular flexibility index (Phi) is 3.53. The third-order valence-corrected chi connectivity index (χ3v) is 2.30. The summed E-state index contributed by atoms with van der Waals surface area (Å²) >= 11 is 0. The molecule has 0 atom stereocenters. The normalized spacial score (nSPS) is 11.4. The zero-order valence-electron chi connectivity index (χ0n) is 9.70. The van der Waals surface area contributed by atoms with Gasteiger partial charge < -0.3 is 9.38 Å². The highest BCUT2D eigenvalue weighted by Crippen LogP contribution is 2.10. The number of rotatable bonds is 4. The molecular weight excluding hydrogens is 172 g/mol. The fourth-order valence-corrected chi connectivity index (χ4v) is 1.26. The van der Waals surface area contributed by atoms with Crippen molar-refractivity contribution in [2.45, 2.75) is 0 Å². The third-order valence-electron chi connectivity index (χ3n) is 2.30. The van der Waals surface area contributed by atoms with Crippen LogP contribution in [0.1, 0.15) is 0 Å². The molecule has 2 nitrogen and oxygen atoms in total. The number of likely N-dealkylation sites (N-methyl/N-ethyl adjacent to an activating group) is 2. The molecule has 1 aromatic carbocycles. The number of anilines is 1. The van der Waals surface area contributed by atoms with Crippen LogP contribution in [-0.4, -0.2) is 45.8 Å². The van der Waals surface area contributed by atoms with E-state index in [4.69, 9.17) is 0 Å². The average molecular weight is 193 g/mol. The van der Waals surface area contributed by atoms with Crippen LogP contribution >= 0.6 is 0 Å². The van der Waals surface area contributed by atoms with Gasteiger partial charge in [-0.2, -0.15) is 0 Å². The quantitative estimate of drug-likeness (QED) is 0.659. The molecule has 78 valence electrons. The second-order valence-electron chi connectivity index (χ2n) is 4.77. The van der Waals surface area contributed by atoms with E-state index >= 15 is 0 Å². The molecule has 0 aliphatic heterocycles. The summed E-state index contributed by atoms with van der Waals surface area (Å²) in [5, 5.41) is 0. The van der Waals surface area contributed by atoms with E-state index in [0.717, 1.165) is 17.6 Å². The van der Waals surface area contributed by atoms with Crippen molar-refractivity contribution in [3.05, 3.63) is 30.3 Å². The maximum atomic E-state index is 2.30. The van der Waals surface area contributed by atoms with Crippen molar-refractivity contribution < 1.29 is 4.48 Å². The Morgan fingerprint density at radius 2 is 1.64 bits per heavy atom. The summed E-state index contributed by atoms with van der Waals surface area (Å²) < 4.78 is 1.01. The fraction of sp³-hybridized carbons (Fsp3) is 0.500. The van der Waals surface area contributed by atoms with E-state index in [9.17, 15) is 0 Å². The van der Waals surface area contributed by atoms with Crippen LogP contribution in [-0.2, 0) is 0 Å². The smallest absolute Gasteiger partial charge is 0.0958 e. The summed E-state index contributed by atoms with van der Waals surface area (Å²) in [4.78, 5) is 2.30. The number of nitrogens with zero attached hydrogens (tertiary/aromatic N) is 2. The first kappa shape index (κ1) is 11.1. The molecular formula is C12H21N2+. The second-order valence-corrected chi connectivity index (χ2v) is 4.77. The lowest BCUT2D eigenvalue weighted by Gasteiger charge is -2.27. The van der Waals surface area contributed by atoms with Crippen LogP contribution in [0.3, 0.4) is 0 Å². The lowest BCUT2D eigenvalue weighted by Crippen LogP contribution is -2.41. The van der Waals surface area contributed by atoms with Gasteiger partial charge in [-0.3, -0.25) is 0 Å². The molecule has 1 aromatic rings. The van der Waals surface area contributed by atoms with E-state index in [2.05, 4.69) is 63.4 Å². The molecule has 0 saturated heterocycles. The van der Waals surface area contributed by atoms with Gasteiger partial charge in [0.05, 0.1) is 34.2 Å². The molecule has 14 heavy (non-hydrogen) atoms. The summed E-state index contributed by atoms with van der Waals surface area (Å²) in [6.07, 6.45) is 0. The van der Waals surface area contributed by atoms with Gasteiger partial charge in [-0.25, -0.2) is 0 Å². The molecule has 0 aliphatic carbocycles. The topological polar surface area (TPSA) is 3.24 Å². The van der Waals surface area contributed by atoms with Gasteiger partial charge >= 0.3 is 0 Å². The Hall–Kier alpha value is -1.02. The molecule has 2 heteroatoms. The molecule has 0 saturated carbocycles. The van der Waals surface area contributed by atoms with E-state index in [1.165, 1.54) is 5.69 Å². The van der Waals surface area contributed by atoms with Crippen molar-refractivity contribution >= 4 is 5.69 Å². The summed E-state index contributed by atoms with van der Waals surface area (Å²) in [5.41, 5.74) is 1.29. The van der Waals surface area contributed by atoms with Gasteiger partial charge in [0.15, 0.2) is 0 Å². The highest BCUT2D eigenvalue weighted by atomic mass is 15.3. The van der Waals surface area contributed by atoms with Crippen LogP contribution in [0.4, 0.5) is 5.69 Å². The minimum absolute atomic E-state index is 1.01. The predicted octanol–water partition coefficient (Wildman–Crippen LogP) is 1.83. The van der Waals surface area contributed by atoms with Gasteiger partial charge in [0.1, 0.15) is 0 Å². The molecule has 0 radical (unpaired) electrons. The summed E-state index contributed by atoms with van der Waals surface area (Å²) in [7, 11) is 8.81. The van der Waals surface area contributed by atoms with E-state index in [0.29, 0.717) is 0 Å². The Labute approximate surface area is 87.4 Å². The lowest BCUT2D eigenvalue weighted by molar-refractivity contribution is -0.868. The fourth-order valence-electron chi connectivity index (χ4n) is 1.26. The lowest BCUT2D eigenvalue weighted by atomic mass is 10.3. The molecule has 0 fully saturated rings. The highest BCUT2D eigenvalue weighted by Gasteiger charge is 2.08. The monoisotopic (exact) mass is 193 g/mol. The Balaban J connectivity index is 2.48. The molecule has 0 heterocycles. The largest absolute Gasteiger partial charge is 0.369 e. The van der Waals surface area contributed by atoms with E-state index < -0.39 is 0 Å². The standard InChI is InChI=1S/C12H21N2/c1-13(10-11-14(2,3)4)12-8-6-5-7-9-12/h5-9H,10-11H2,1-4H3/q+1. The Morgan fingerprint density at radius 3 is 2.14 bits per heavy atom. The van der Waals surface area contributed by atoms with Crippen LogP contribution in [0.5, 0.6) is 0 Å². The summed E-state index contributed by atoms with van der Waals surface area (Å²) in [5.74, 6) is 0. The van der Waals surface area contributed by atoms with Gasteiger partial charge in [0.25, 0.3) is 0 Å². The zero-order chi connectivity index (χ0) is 10.6. The van der Waals surface area contributed by atoms with Gasteiger partial charge in [-0.1, -0.05) is 18.2 Å². The number of quaternary nitrogens is 1. The molecule has 0 unspecified atom stereocenters. The van der Waals surface area contributed by atoms with E-state index in [-0.39, 0.29) is 0 Å². The van der Waals surface area contributed by atoms with Crippen molar-refractivity contribution in [2.24, 2.45) is 0 Å². The minimum Gasteiger partial charge on any atom is -0.369 e. The van der Waals surface area contributed by atoms with Gasteiger partial charge in [0, 0.05) is 12.7 Å². The minimum atomic E-state index is 1.01. The van der Waals surface area contributed by atoms with Crippen LogP contribution < -0.4 is 4.90 Å². The Bertz CT molecular complexity index is 261. The number of para-hydroxylation sites is 1. The maximum Gasteiger partial charge on any atom is 0.0958 e. The maximum absolute atomic E-state index is 2.30. The third kappa shape index (κ3) is 3.79. The summed E-state index contributed by atoms with van der Waals surface area (Å²) in [6.45, 7) is 2.25. The average Bonchev–Trinajstić information content (AvgIpc) is 2.14. The first-order valence-corrected chi connectivity index (χ1v) is 5.06. The van der Waals surface area contributed by atoms with E-state index in [1.54, 1.807) is 0 Å². The number of hydrogen-bond donors (Lipinski definition) is 0.